The van der Waals surface area contributed by atoms with Gasteiger partial charge in [-0.25, -0.2) is 4.39 Å². The van der Waals surface area contributed by atoms with Gasteiger partial charge >= 0.3 is 0 Å². The molecule has 0 saturated heterocycles. The molecule has 0 heterocycles. The third-order valence-corrected chi connectivity index (χ3v) is 3.16. The minimum absolute atomic E-state index is 0.279. The molecule has 0 aromatic heterocycles. The molecule has 3 heteroatoms. The Morgan fingerprint density at radius 3 is 3.00 bits per heavy atom. The molecule has 2 unspecified atom stereocenters. The maximum atomic E-state index is 13.0. The Morgan fingerprint density at radius 1 is 1.50 bits per heavy atom. The fourth-order valence-electron chi connectivity index (χ4n) is 2.10. The lowest BCUT2D eigenvalue weighted by atomic mass is 10.2. The van der Waals surface area contributed by atoms with E-state index in [0.717, 1.165) is 11.5 Å². The van der Waals surface area contributed by atoms with Crippen molar-refractivity contribution in [3.05, 3.63) is 29.6 Å². The van der Waals surface area contributed by atoms with Crippen LogP contribution in [0.2, 0.25) is 0 Å². The van der Waals surface area contributed by atoms with Crippen molar-refractivity contribution >= 4 is 0 Å². The first kappa shape index (κ1) is 11.4. The summed E-state index contributed by atoms with van der Waals surface area (Å²) in [6.07, 6.45) is 3.76. The van der Waals surface area contributed by atoms with Gasteiger partial charge in [-0.3, -0.25) is 0 Å². The number of rotatable bonds is 5. The van der Waals surface area contributed by atoms with Gasteiger partial charge in [-0.2, -0.15) is 0 Å². The van der Waals surface area contributed by atoms with Crippen molar-refractivity contribution in [2.75, 3.05) is 0 Å². The molecule has 1 aliphatic rings. The Bertz CT molecular complexity index is 367. The van der Waals surface area contributed by atoms with Gasteiger partial charge in [0.1, 0.15) is 0 Å². The van der Waals surface area contributed by atoms with E-state index in [0.29, 0.717) is 12.6 Å². The van der Waals surface area contributed by atoms with E-state index in [2.05, 4.69) is 12.2 Å². The van der Waals surface area contributed by atoms with Gasteiger partial charge in [-0.05, 0) is 36.5 Å². The summed E-state index contributed by atoms with van der Waals surface area (Å²) < 4.78 is 13.0. The topological polar surface area (TPSA) is 32.3 Å². The molecule has 0 amide bonds. The minimum Gasteiger partial charge on any atom is -0.505 e. The molecule has 1 aromatic carbocycles. The van der Waals surface area contributed by atoms with Crippen LogP contribution < -0.4 is 5.32 Å². The van der Waals surface area contributed by atoms with E-state index < -0.39 is 5.82 Å². The predicted octanol–water partition coefficient (Wildman–Crippen LogP) is 2.81. The molecule has 0 aliphatic heterocycles. The van der Waals surface area contributed by atoms with Gasteiger partial charge in [-0.15, -0.1) is 0 Å². The first-order chi connectivity index (χ1) is 7.70. The predicted molar refractivity (Wildman–Crippen MR) is 61.7 cm³/mol. The summed E-state index contributed by atoms with van der Waals surface area (Å²) in [5.74, 6) is -0.00815. The molecule has 2 N–H and O–H groups in total. The summed E-state index contributed by atoms with van der Waals surface area (Å²) in [5, 5.41) is 12.5. The van der Waals surface area contributed by atoms with E-state index in [1.165, 1.54) is 31.4 Å². The van der Waals surface area contributed by atoms with Gasteiger partial charge in [-0.1, -0.05) is 19.4 Å². The Balaban J connectivity index is 1.80. The van der Waals surface area contributed by atoms with E-state index in [-0.39, 0.29) is 5.75 Å². The zero-order chi connectivity index (χ0) is 11.5. The molecule has 2 atom stereocenters. The van der Waals surface area contributed by atoms with Crippen LogP contribution in [-0.4, -0.2) is 11.1 Å². The van der Waals surface area contributed by atoms with Crippen molar-refractivity contribution < 1.29 is 9.50 Å². The van der Waals surface area contributed by atoms with Crippen molar-refractivity contribution in [3.63, 3.8) is 0 Å². The maximum Gasteiger partial charge on any atom is 0.165 e. The minimum atomic E-state index is -0.541. The number of halogens is 1. The highest BCUT2D eigenvalue weighted by molar-refractivity contribution is 5.28. The number of phenolic OH excluding ortho intramolecular Hbond substituents is 1. The van der Waals surface area contributed by atoms with Crippen LogP contribution in [0.15, 0.2) is 18.2 Å². The third-order valence-electron chi connectivity index (χ3n) is 3.16. The second-order valence-corrected chi connectivity index (χ2v) is 4.56. The van der Waals surface area contributed by atoms with E-state index in [1.54, 1.807) is 6.07 Å². The number of aromatic hydroxyl groups is 1. The molecule has 1 aromatic rings. The van der Waals surface area contributed by atoms with Crippen molar-refractivity contribution in [2.45, 2.75) is 38.8 Å². The SMILES string of the molecule is CCCC1CC1NCc1ccc(O)c(F)c1. The Morgan fingerprint density at radius 2 is 2.31 bits per heavy atom. The van der Waals surface area contributed by atoms with Crippen LogP contribution in [0.5, 0.6) is 5.75 Å². The van der Waals surface area contributed by atoms with Crippen molar-refractivity contribution in [1.29, 1.82) is 0 Å². The van der Waals surface area contributed by atoms with Crippen LogP contribution in [0.1, 0.15) is 31.7 Å². The second-order valence-electron chi connectivity index (χ2n) is 4.56. The van der Waals surface area contributed by atoms with Gasteiger partial charge in [0.05, 0.1) is 0 Å². The molecule has 1 fully saturated rings. The van der Waals surface area contributed by atoms with Crippen molar-refractivity contribution in [1.82, 2.24) is 5.32 Å². The van der Waals surface area contributed by atoms with Gasteiger partial charge < -0.3 is 10.4 Å². The van der Waals surface area contributed by atoms with E-state index in [4.69, 9.17) is 5.11 Å². The lowest BCUT2D eigenvalue weighted by molar-refractivity contribution is 0.431. The Hall–Kier alpha value is -1.09. The van der Waals surface area contributed by atoms with E-state index in [9.17, 15) is 4.39 Å². The maximum absolute atomic E-state index is 13.0. The normalized spacial score (nSPS) is 23.4. The lowest BCUT2D eigenvalue weighted by Crippen LogP contribution is -2.17. The molecular weight excluding hydrogens is 205 g/mol. The summed E-state index contributed by atoms with van der Waals surface area (Å²) in [4.78, 5) is 0. The largest absolute Gasteiger partial charge is 0.505 e. The molecule has 2 rings (SSSR count). The zero-order valence-electron chi connectivity index (χ0n) is 9.54. The second kappa shape index (κ2) is 4.83. The molecular formula is C13H18FNO. The monoisotopic (exact) mass is 223 g/mol. The molecule has 0 spiro atoms. The van der Waals surface area contributed by atoms with Gasteiger partial charge in [0.25, 0.3) is 0 Å². The van der Waals surface area contributed by atoms with Crippen LogP contribution in [0, 0.1) is 11.7 Å². The third kappa shape index (κ3) is 2.73. The first-order valence-electron chi connectivity index (χ1n) is 5.91. The van der Waals surface area contributed by atoms with Gasteiger partial charge in [0.15, 0.2) is 11.6 Å². The highest BCUT2D eigenvalue weighted by atomic mass is 19.1. The number of hydrogen-bond acceptors (Lipinski definition) is 2. The van der Waals surface area contributed by atoms with Gasteiger partial charge in [0, 0.05) is 12.6 Å². The summed E-state index contributed by atoms with van der Waals surface area (Å²) in [6.45, 7) is 2.88. The summed E-state index contributed by atoms with van der Waals surface area (Å²) in [5.41, 5.74) is 0.887. The Kier molecular flexibility index (Phi) is 3.44. The number of hydrogen-bond donors (Lipinski definition) is 2. The van der Waals surface area contributed by atoms with Crippen LogP contribution in [-0.2, 0) is 6.54 Å². The van der Waals surface area contributed by atoms with Crippen molar-refractivity contribution in [2.24, 2.45) is 5.92 Å². The number of phenols is 1. The van der Waals surface area contributed by atoms with E-state index >= 15 is 0 Å². The highest BCUT2D eigenvalue weighted by Gasteiger charge is 2.35. The summed E-state index contributed by atoms with van der Waals surface area (Å²) >= 11 is 0. The number of benzene rings is 1. The summed E-state index contributed by atoms with van der Waals surface area (Å²) in [7, 11) is 0. The van der Waals surface area contributed by atoms with Crippen LogP contribution >= 0.6 is 0 Å². The smallest absolute Gasteiger partial charge is 0.165 e. The van der Waals surface area contributed by atoms with Gasteiger partial charge in [0.2, 0.25) is 0 Å². The lowest BCUT2D eigenvalue weighted by Gasteiger charge is -2.05. The molecule has 16 heavy (non-hydrogen) atoms. The molecule has 0 bridgehead atoms. The fourth-order valence-corrected chi connectivity index (χ4v) is 2.10. The highest BCUT2D eigenvalue weighted by Crippen LogP contribution is 2.34. The molecule has 1 saturated carbocycles. The quantitative estimate of drug-likeness (QED) is 0.804. The van der Waals surface area contributed by atoms with Crippen LogP contribution in [0.4, 0.5) is 4.39 Å². The molecule has 1 aliphatic carbocycles. The molecule has 2 nitrogen and oxygen atoms in total. The van der Waals surface area contributed by atoms with Crippen LogP contribution in [0.3, 0.4) is 0 Å². The van der Waals surface area contributed by atoms with Crippen molar-refractivity contribution in [3.8, 4) is 5.75 Å². The number of nitrogens with one attached hydrogen (secondary N) is 1. The average molecular weight is 223 g/mol. The Labute approximate surface area is 95.5 Å². The fraction of sp³-hybridized carbons (Fsp3) is 0.538. The first-order valence-corrected chi connectivity index (χ1v) is 5.91. The molecule has 88 valence electrons. The van der Waals surface area contributed by atoms with E-state index in [1.807, 2.05) is 0 Å². The standard InChI is InChI=1S/C13H18FNO/c1-2-3-10-7-12(10)15-8-9-4-5-13(16)11(14)6-9/h4-6,10,12,15-16H,2-3,7-8H2,1H3. The average Bonchev–Trinajstić information content (AvgIpc) is 2.99. The van der Waals surface area contributed by atoms with Crippen LogP contribution in [0.25, 0.3) is 0 Å². The summed E-state index contributed by atoms with van der Waals surface area (Å²) in [6, 6.07) is 5.15. The molecule has 0 radical (unpaired) electrons. The zero-order valence-corrected chi connectivity index (χ0v) is 9.54.